The van der Waals surface area contributed by atoms with Crippen LogP contribution in [0.25, 0.3) is 0 Å². The average Bonchev–Trinajstić information content (AvgIpc) is 3.42. The Bertz CT molecular complexity index is 1070. The van der Waals surface area contributed by atoms with E-state index in [9.17, 15) is 5.11 Å². The zero-order chi connectivity index (χ0) is 21.6. The predicted molar refractivity (Wildman–Crippen MR) is 117 cm³/mol. The first-order valence-corrected chi connectivity index (χ1v) is 11.8. The second kappa shape index (κ2) is 6.48. The highest BCUT2D eigenvalue weighted by molar-refractivity contribution is 5.63. The Morgan fingerprint density at radius 1 is 1.06 bits per heavy atom. The van der Waals surface area contributed by atoms with Crippen molar-refractivity contribution in [1.29, 1.82) is 0 Å². The van der Waals surface area contributed by atoms with Crippen LogP contribution in [0, 0.1) is 0 Å². The van der Waals surface area contributed by atoms with E-state index in [4.69, 9.17) is 18.9 Å². The Morgan fingerprint density at radius 2 is 1.88 bits per heavy atom. The summed E-state index contributed by atoms with van der Waals surface area (Å²) in [5.41, 5.74) is 2.09. The van der Waals surface area contributed by atoms with Crippen molar-refractivity contribution in [3.05, 3.63) is 59.2 Å². The average molecular weight is 436 g/mol. The minimum atomic E-state index is -0.873. The van der Waals surface area contributed by atoms with Gasteiger partial charge in [-0.2, -0.15) is 0 Å². The Balaban J connectivity index is 1.38. The smallest absolute Gasteiger partial charge is 0.207 e. The molecule has 4 atom stereocenters. The molecule has 3 fully saturated rings. The number of fused-ring (bicyclic) bond motifs is 1. The molecule has 7 rings (SSSR count). The topological polar surface area (TPSA) is 60.4 Å². The number of nitrogens with zero attached hydrogens (tertiary/aromatic N) is 1. The van der Waals surface area contributed by atoms with Gasteiger partial charge >= 0.3 is 0 Å². The highest BCUT2D eigenvalue weighted by Crippen LogP contribution is 2.67. The van der Waals surface area contributed by atoms with E-state index in [1.807, 2.05) is 24.3 Å². The van der Waals surface area contributed by atoms with E-state index in [-0.39, 0.29) is 12.1 Å². The monoisotopic (exact) mass is 435 g/mol. The third kappa shape index (κ3) is 2.24. The van der Waals surface area contributed by atoms with Gasteiger partial charge in [-0.25, -0.2) is 0 Å². The molecule has 0 amide bonds. The molecule has 5 aliphatic rings. The van der Waals surface area contributed by atoms with Gasteiger partial charge in [0.05, 0.1) is 24.2 Å². The Hall–Kier alpha value is -2.12. The van der Waals surface area contributed by atoms with Gasteiger partial charge in [0.25, 0.3) is 0 Å². The first-order valence-electron chi connectivity index (χ1n) is 11.8. The van der Waals surface area contributed by atoms with Crippen molar-refractivity contribution >= 4 is 0 Å². The molecule has 2 spiro atoms. The number of hydrogen-bond acceptors (Lipinski definition) is 6. The van der Waals surface area contributed by atoms with Crippen LogP contribution in [0.1, 0.15) is 36.0 Å². The van der Waals surface area contributed by atoms with Crippen molar-refractivity contribution in [1.82, 2.24) is 4.90 Å². The van der Waals surface area contributed by atoms with Crippen molar-refractivity contribution in [2.75, 3.05) is 26.8 Å². The van der Waals surface area contributed by atoms with Gasteiger partial charge in [-0.15, -0.1) is 0 Å². The molecule has 168 valence electrons. The molecule has 1 unspecified atom stereocenters. The zero-order valence-electron chi connectivity index (χ0n) is 18.4. The summed E-state index contributed by atoms with van der Waals surface area (Å²) in [7, 11) is 2.14. The van der Waals surface area contributed by atoms with E-state index in [0.29, 0.717) is 32.7 Å². The number of likely N-dealkylation sites (N-methyl/N-ethyl adjacent to an activating group) is 1. The molecule has 32 heavy (non-hydrogen) atoms. The second-order valence-corrected chi connectivity index (χ2v) is 10.1. The first kappa shape index (κ1) is 19.4. The summed E-state index contributed by atoms with van der Waals surface area (Å²) in [5, 5.41) is 12.4. The van der Waals surface area contributed by atoms with Crippen LogP contribution in [0.2, 0.25) is 0 Å². The first-order chi connectivity index (χ1) is 15.6. The summed E-state index contributed by atoms with van der Waals surface area (Å²) in [5.74, 6) is 0.728. The van der Waals surface area contributed by atoms with Crippen molar-refractivity contribution < 1.29 is 24.1 Å². The maximum absolute atomic E-state index is 12.4. The van der Waals surface area contributed by atoms with Crippen LogP contribution in [0.15, 0.2) is 42.5 Å². The Labute approximate surface area is 188 Å². The largest absolute Gasteiger partial charge is 0.485 e. The van der Waals surface area contributed by atoms with Gasteiger partial charge in [0.15, 0.2) is 17.6 Å². The van der Waals surface area contributed by atoms with E-state index < -0.39 is 16.8 Å². The van der Waals surface area contributed by atoms with Crippen LogP contribution < -0.4 is 9.47 Å². The van der Waals surface area contributed by atoms with E-state index in [2.05, 4.69) is 30.1 Å². The zero-order valence-corrected chi connectivity index (χ0v) is 18.4. The third-order valence-corrected chi connectivity index (χ3v) is 8.73. The number of ether oxygens (including phenoxy) is 4. The predicted octanol–water partition coefficient (Wildman–Crippen LogP) is 2.79. The normalized spacial score (nSPS) is 36.1. The molecule has 2 saturated heterocycles. The van der Waals surface area contributed by atoms with Crippen LogP contribution in [0.5, 0.6) is 11.5 Å². The molecular formula is C26H29NO5. The molecule has 6 nitrogen and oxygen atoms in total. The quantitative estimate of drug-likeness (QED) is 0.800. The molecule has 0 radical (unpaired) electrons. The molecule has 3 aliphatic heterocycles. The lowest BCUT2D eigenvalue weighted by Crippen LogP contribution is -2.79. The van der Waals surface area contributed by atoms with E-state index >= 15 is 0 Å². The molecule has 2 aromatic carbocycles. The molecular weight excluding hydrogens is 406 g/mol. The lowest BCUT2D eigenvalue weighted by Gasteiger charge is -2.64. The lowest BCUT2D eigenvalue weighted by atomic mass is 9.48. The number of likely N-dealkylation sites (tertiary alicyclic amines) is 1. The van der Waals surface area contributed by atoms with Crippen molar-refractivity contribution in [3.63, 3.8) is 0 Å². The van der Waals surface area contributed by atoms with E-state index in [0.717, 1.165) is 42.0 Å². The van der Waals surface area contributed by atoms with Gasteiger partial charge in [0.2, 0.25) is 5.79 Å². The van der Waals surface area contributed by atoms with Crippen molar-refractivity contribution in [2.45, 2.75) is 61.2 Å². The van der Waals surface area contributed by atoms with Crippen LogP contribution in [0.4, 0.5) is 0 Å². The van der Waals surface area contributed by atoms with Crippen LogP contribution in [0.3, 0.4) is 0 Å². The number of aliphatic hydroxyl groups is 1. The number of benzene rings is 2. The van der Waals surface area contributed by atoms with Gasteiger partial charge in [-0.3, -0.25) is 0 Å². The molecule has 6 heteroatoms. The molecule has 0 aromatic heterocycles. The van der Waals surface area contributed by atoms with E-state index in [1.54, 1.807) is 0 Å². The van der Waals surface area contributed by atoms with Gasteiger partial charge in [-0.05, 0) is 50.0 Å². The molecule has 2 bridgehead atoms. The van der Waals surface area contributed by atoms with Gasteiger partial charge in [0, 0.05) is 18.0 Å². The minimum Gasteiger partial charge on any atom is -0.485 e. The fourth-order valence-corrected chi connectivity index (χ4v) is 7.32. The lowest BCUT2D eigenvalue weighted by molar-refractivity contribution is -0.295. The maximum Gasteiger partial charge on any atom is 0.207 e. The summed E-state index contributed by atoms with van der Waals surface area (Å²) in [6.45, 7) is 2.52. The fourth-order valence-electron chi connectivity index (χ4n) is 7.32. The van der Waals surface area contributed by atoms with Crippen LogP contribution in [-0.2, 0) is 27.9 Å². The molecule has 2 aromatic rings. The minimum absolute atomic E-state index is 0.0654. The Kier molecular flexibility index (Phi) is 3.92. The van der Waals surface area contributed by atoms with Crippen molar-refractivity contribution in [3.8, 4) is 11.5 Å². The molecule has 1 N–H and O–H groups in total. The fraction of sp³-hybridized carbons (Fsp3) is 0.538. The Morgan fingerprint density at radius 3 is 2.69 bits per heavy atom. The highest BCUT2D eigenvalue weighted by Gasteiger charge is 2.77. The third-order valence-electron chi connectivity index (χ3n) is 8.73. The number of piperidine rings is 1. The second-order valence-electron chi connectivity index (χ2n) is 10.1. The summed E-state index contributed by atoms with van der Waals surface area (Å²) < 4.78 is 25.6. The number of rotatable bonds is 3. The summed E-state index contributed by atoms with van der Waals surface area (Å²) in [4.78, 5) is 2.33. The highest BCUT2D eigenvalue weighted by atomic mass is 16.8. The van der Waals surface area contributed by atoms with E-state index in [1.165, 1.54) is 5.56 Å². The van der Waals surface area contributed by atoms with Crippen LogP contribution in [-0.4, -0.2) is 60.3 Å². The van der Waals surface area contributed by atoms with Gasteiger partial charge < -0.3 is 29.0 Å². The summed E-state index contributed by atoms with van der Waals surface area (Å²) in [6, 6.07) is 14.4. The van der Waals surface area contributed by atoms with Crippen molar-refractivity contribution in [2.24, 2.45) is 0 Å². The van der Waals surface area contributed by atoms with Gasteiger partial charge in [-0.1, -0.05) is 36.4 Å². The summed E-state index contributed by atoms with van der Waals surface area (Å²) >= 11 is 0. The summed E-state index contributed by atoms with van der Waals surface area (Å²) in [6.07, 6.45) is 2.56. The SMILES string of the molecule is CN1CCC23c4c5ccc(OCc6ccccc6)c4O[C@H]2C2(CC[C@@]3(O)[C@H]1C5)OCCO2. The van der Waals surface area contributed by atoms with Gasteiger partial charge in [0.1, 0.15) is 6.61 Å². The van der Waals surface area contributed by atoms with Crippen LogP contribution >= 0.6 is 0 Å². The maximum atomic E-state index is 12.4. The molecule has 1 saturated carbocycles. The molecule has 3 heterocycles. The number of hydrogen-bond donors (Lipinski definition) is 1. The molecule has 2 aliphatic carbocycles. The standard InChI is InChI=1S/C26H29NO5/c1-27-12-11-24-21-18-7-8-19(29-16-17-5-3-2-4-6-17)22(21)32-23(24)26(30-13-14-31-26)10-9-25(24,28)20(27)15-18/h2-8,20,23,28H,9-16H2,1H3/t20-,23-,24?,25-/m1/s1.